The Morgan fingerprint density at radius 2 is 2.23 bits per heavy atom. The molecule has 13 heavy (non-hydrogen) atoms. The summed E-state index contributed by atoms with van der Waals surface area (Å²) in [7, 11) is 1.63. The molecule has 3 nitrogen and oxygen atoms in total. The first-order valence-corrected chi connectivity index (χ1v) is 4.46. The van der Waals surface area contributed by atoms with Crippen molar-refractivity contribution in [3.8, 4) is 5.88 Å². The van der Waals surface area contributed by atoms with E-state index in [9.17, 15) is 0 Å². The van der Waals surface area contributed by atoms with Gasteiger partial charge in [-0.15, -0.1) is 0 Å². The molecule has 0 saturated heterocycles. The molecule has 1 aliphatic carbocycles. The van der Waals surface area contributed by atoms with Gasteiger partial charge in [0.05, 0.1) is 7.11 Å². The Hall–Kier alpha value is -1.09. The number of rotatable bonds is 2. The van der Waals surface area contributed by atoms with Crippen molar-refractivity contribution in [1.82, 2.24) is 4.98 Å². The molecular weight excluding hydrogens is 164 g/mol. The Bertz CT molecular complexity index is 332. The third kappa shape index (κ3) is 1.40. The SMILES string of the molecule is COc1ncc(C2(N)CC2)cc1C. The maximum Gasteiger partial charge on any atom is 0.215 e. The van der Waals surface area contributed by atoms with Gasteiger partial charge >= 0.3 is 0 Å². The molecule has 0 atom stereocenters. The fraction of sp³-hybridized carbons (Fsp3) is 0.500. The van der Waals surface area contributed by atoms with Crippen LogP contribution in [0, 0.1) is 6.92 Å². The van der Waals surface area contributed by atoms with Gasteiger partial charge in [0, 0.05) is 17.3 Å². The minimum atomic E-state index is -0.0932. The van der Waals surface area contributed by atoms with Gasteiger partial charge in [0.1, 0.15) is 0 Å². The monoisotopic (exact) mass is 178 g/mol. The first kappa shape index (κ1) is 8.51. The van der Waals surface area contributed by atoms with Crippen molar-refractivity contribution in [2.45, 2.75) is 25.3 Å². The highest BCUT2D eigenvalue weighted by Gasteiger charge is 2.40. The van der Waals surface area contributed by atoms with E-state index < -0.39 is 0 Å². The average molecular weight is 178 g/mol. The summed E-state index contributed by atoms with van der Waals surface area (Å²) in [4.78, 5) is 4.20. The van der Waals surface area contributed by atoms with Gasteiger partial charge in [-0.25, -0.2) is 4.98 Å². The van der Waals surface area contributed by atoms with Crippen molar-refractivity contribution in [1.29, 1.82) is 0 Å². The highest BCUT2D eigenvalue weighted by Crippen LogP contribution is 2.42. The van der Waals surface area contributed by atoms with Crippen LogP contribution in [-0.2, 0) is 5.54 Å². The third-order valence-electron chi connectivity index (χ3n) is 2.59. The van der Waals surface area contributed by atoms with Gasteiger partial charge in [0.15, 0.2) is 0 Å². The van der Waals surface area contributed by atoms with E-state index in [2.05, 4.69) is 11.1 Å². The van der Waals surface area contributed by atoms with Crippen LogP contribution in [-0.4, -0.2) is 12.1 Å². The minimum Gasteiger partial charge on any atom is -0.481 e. The summed E-state index contributed by atoms with van der Waals surface area (Å²) < 4.78 is 5.08. The quantitative estimate of drug-likeness (QED) is 0.743. The van der Waals surface area contributed by atoms with Crippen LogP contribution in [0.4, 0.5) is 0 Å². The van der Waals surface area contributed by atoms with E-state index in [1.54, 1.807) is 7.11 Å². The Morgan fingerprint density at radius 3 is 2.69 bits per heavy atom. The summed E-state index contributed by atoms with van der Waals surface area (Å²) in [6, 6.07) is 2.07. The highest BCUT2D eigenvalue weighted by molar-refractivity contribution is 5.35. The largest absolute Gasteiger partial charge is 0.481 e. The summed E-state index contributed by atoms with van der Waals surface area (Å²) in [6.07, 6.45) is 3.96. The zero-order valence-corrected chi connectivity index (χ0v) is 8.00. The highest BCUT2D eigenvalue weighted by atomic mass is 16.5. The summed E-state index contributed by atoms with van der Waals surface area (Å²) in [5.41, 5.74) is 8.14. The van der Waals surface area contributed by atoms with Crippen LogP contribution in [0.2, 0.25) is 0 Å². The maximum atomic E-state index is 6.05. The molecule has 0 bridgehead atoms. The van der Waals surface area contributed by atoms with Crippen LogP contribution in [0.1, 0.15) is 24.0 Å². The Morgan fingerprint density at radius 1 is 1.54 bits per heavy atom. The van der Waals surface area contributed by atoms with E-state index in [0.717, 1.165) is 24.0 Å². The molecule has 1 fully saturated rings. The smallest absolute Gasteiger partial charge is 0.215 e. The number of aryl methyl sites for hydroxylation is 1. The number of ether oxygens (including phenoxy) is 1. The summed E-state index contributed by atoms with van der Waals surface area (Å²) in [5.74, 6) is 0.688. The molecule has 0 aliphatic heterocycles. The fourth-order valence-corrected chi connectivity index (χ4v) is 1.47. The first-order valence-electron chi connectivity index (χ1n) is 4.46. The second kappa shape index (κ2) is 2.70. The number of aromatic nitrogens is 1. The van der Waals surface area contributed by atoms with Gasteiger partial charge in [0.2, 0.25) is 5.88 Å². The lowest BCUT2D eigenvalue weighted by atomic mass is 10.1. The normalized spacial score (nSPS) is 18.4. The fourth-order valence-electron chi connectivity index (χ4n) is 1.47. The average Bonchev–Trinajstić information content (AvgIpc) is 2.85. The molecule has 0 radical (unpaired) electrons. The molecule has 0 unspecified atom stereocenters. The van der Waals surface area contributed by atoms with E-state index in [1.807, 2.05) is 13.1 Å². The second-order valence-electron chi connectivity index (χ2n) is 3.71. The van der Waals surface area contributed by atoms with Gasteiger partial charge in [-0.1, -0.05) is 0 Å². The molecule has 1 aromatic heterocycles. The third-order valence-corrected chi connectivity index (χ3v) is 2.59. The molecule has 1 aromatic rings. The van der Waals surface area contributed by atoms with Crippen LogP contribution in [0.15, 0.2) is 12.3 Å². The van der Waals surface area contributed by atoms with Crippen LogP contribution in [0.5, 0.6) is 5.88 Å². The van der Waals surface area contributed by atoms with Crippen molar-refractivity contribution in [2.24, 2.45) is 5.73 Å². The standard InChI is InChI=1S/C10H14N2O/c1-7-5-8(10(11)3-4-10)6-12-9(7)13-2/h5-6H,3-4,11H2,1-2H3. The van der Waals surface area contributed by atoms with Crippen LogP contribution in [0.25, 0.3) is 0 Å². The summed E-state index contributed by atoms with van der Waals surface area (Å²) >= 11 is 0. The molecule has 1 aliphatic rings. The number of hydrogen-bond acceptors (Lipinski definition) is 3. The Labute approximate surface area is 77.9 Å². The van der Waals surface area contributed by atoms with Crippen LogP contribution in [0.3, 0.4) is 0 Å². The molecule has 1 saturated carbocycles. The molecule has 0 aromatic carbocycles. The molecule has 2 N–H and O–H groups in total. The molecule has 2 rings (SSSR count). The molecule has 0 amide bonds. The lowest BCUT2D eigenvalue weighted by Gasteiger charge is -2.10. The molecule has 70 valence electrons. The Balaban J connectivity index is 2.36. The zero-order chi connectivity index (χ0) is 9.47. The number of pyridine rings is 1. The van der Waals surface area contributed by atoms with Crippen molar-refractivity contribution in [3.05, 3.63) is 23.4 Å². The van der Waals surface area contributed by atoms with E-state index >= 15 is 0 Å². The van der Waals surface area contributed by atoms with Crippen molar-refractivity contribution in [2.75, 3.05) is 7.11 Å². The molecule has 1 heterocycles. The maximum absolute atomic E-state index is 6.05. The first-order chi connectivity index (χ1) is 6.15. The summed E-state index contributed by atoms with van der Waals surface area (Å²) in [6.45, 7) is 1.99. The van der Waals surface area contributed by atoms with Crippen molar-refractivity contribution in [3.63, 3.8) is 0 Å². The van der Waals surface area contributed by atoms with Crippen molar-refractivity contribution >= 4 is 0 Å². The van der Waals surface area contributed by atoms with Gasteiger partial charge in [-0.2, -0.15) is 0 Å². The van der Waals surface area contributed by atoms with Gasteiger partial charge in [0.25, 0.3) is 0 Å². The number of methoxy groups -OCH3 is 1. The van der Waals surface area contributed by atoms with Gasteiger partial charge in [-0.05, 0) is 31.4 Å². The zero-order valence-electron chi connectivity index (χ0n) is 8.00. The van der Waals surface area contributed by atoms with Crippen molar-refractivity contribution < 1.29 is 4.74 Å². The van der Waals surface area contributed by atoms with E-state index in [0.29, 0.717) is 5.88 Å². The van der Waals surface area contributed by atoms with Gasteiger partial charge in [-0.3, -0.25) is 0 Å². The Kier molecular flexibility index (Phi) is 1.77. The molecule has 3 heteroatoms. The van der Waals surface area contributed by atoms with E-state index in [4.69, 9.17) is 10.5 Å². The topological polar surface area (TPSA) is 48.1 Å². The van der Waals surface area contributed by atoms with Crippen LogP contribution < -0.4 is 10.5 Å². The lowest BCUT2D eigenvalue weighted by molar-refractivity contribution is 0.394. The number of hydrogen-bond donors (Lipinski definition) is 1. The van der Waals surface area contributed by atoms with Crippen LogP contribution >= 0.6 is 0 Å². The minimum absolute atomic E-state index is 0.0932. The second-order valence-corrected chi connectivity index (χ2v) is 3.71. The lowest BCUT2D eigenvalue weighted by Crippen LogP contribution is -2.19. The predicted molar refractivity (Wildman–Crippen MR) is 50.6 cm³/mol. The molecule has 0 spiro atoms. The van der Waals surface area contributed by atoms with E-state index in [1.165, 1.54) is 0 Å². The summed E-state index contributed by atoms with van der Waals surface area (Å²) in [5, 5.41) is 0. The van der Waals surface area contributed by atoms with Gasteiger partial charge < -0.3 is 10.5 Å². The predicted octanol–water partition coefficient (Wildman–Crippen LogP) is 1.35. The number of nitrogens with zero attached hydrogens (tertiary/aromatic N) is 1. The van der Waals surface area contributed by atoms with E-state index in [-0.39, 0.29) is 5.54 Å². The molecular formula is C10H14N2O. The number of nitrogens with two attached hydrogens (primary N) is 1.